The number of anilines is 1. The Hall–Kier alpha value is -3.89. The number of imidazole rings is 1. The van der Waals surface area contributed by atoms with Crippen LogP contribution in [0.2, 0.25) is 5.02 Å². The van der Waals surface area contributed by atoms with Gasteiger partial charge >= 0.3 is 6.03 Å². The van der Waals surface area contributed by atoms with Crippen molar-refractivity contribution in [1.29, 1.82) is 0 Å². The Morgan fingerprint density at radius 3 is 2.42 bits per heavy atom. The molecule has 1 atom stereocenters. The third-order valence-corrected chi connectivity index (χ3v) is 6.15. The van der Waals surface area contributed by atoms with Crippen LogP contribution in [-0.2, 0) is 16.1 Å². The minimum absolute atomic E-state index is 0.214. The predicted octanol–water partition coefficient (Wildman–Crippen LogP) is 2.95. The number of aromatic nitrogens is 2. The van der Waals surface area contributed by atoms with Gasteiger partial charge in [-0.1, -0.05) is 41.9 Å². The fourth-order valence-corrected chi connectivity index (χ4v) is 4.18. The summed E-state index contributed by atoms with van der Waals surface area (Å²) in [7, 11) is 0. The number of hydrazine groups is 1. The molecule has 10 nitrogen and oxygen atoms in total. The number of nitrogens with one attached hydrogen (secondary N) is 3. The average Bonchev–Trinajstić information content (AvgIpc) is 3.32. The van der Waals surface area contributed by atoms with Crippen molar-refractivity contribution in [2.45, 2.75) is 19.5 Å². The van der Waals surface area contributed by atoms with E-state index in [1.807, 2.05) is 42.3 Å². The highest BCUT2D eigenvalue weighted by Crippen LogP contribution is 2.19. The number of aryl methyl sites for hydroxylation is 1. The molecule has 11 heteroatoms. The van der Waals surface area contributed by atoms with Crippen molar-refractivity contribution in [1.82, 2.24) is 30.2 Å². The number of piperazine rings is 1. The van der Waals surface area contributed by atoms with Crippen molar-refractivity contribution < 1.29 is 14.4 Å². The van der Waals surface area contributed by atoms with Crippen molar-refractivity contribution in [2.75, 3.05) is 31.5 Å². The van der Waals surface area contributed by atoms with E-state index < -0.39 is 12.1 Å². The summed E-state index contributed by atoms with van der Waals surface area (Å²) in [5.41, 5.74) is 2.07. The molecule has 0 radical (unpaired) electrons. The molecule has 3 N–H and O–H groups in total. The number of halogens is 1. The number of H-pyrrole nitrogens is 1. The minimum Gasteiger partial charge on any atom is -0.345 e. The van der Waals surface area contributed by atoms with Crippen molar-refractivity contribution in [2.24, 2.45) is 0 Å². The standard InChI is InChI=1S/C25H28ClN7O3/c1-18-27-15-22(28-18)16-33(17-34)32-13-11-31(12-14-32)24(35)23(19-5-3-2-4-6-19)30-25(36)29-21-9-7-20(26)8-10-21/h2-10,15,17,23H,11-14,16H2,1H3,(H,27,28)(H2,29,30,36)/t23-/m1/s1. The number of carbonyl (C=O) groups is 3. The highest BCUT2D eigenvalue weighted by molar-refractivity contribution is 6.30. The molecule has 3 aromatic rings. The van der Waals surface area contributed by atoms with Crippen LogP contribution in [0.3, 0.4) is 0 Å². The van der Waals surface area contributed by atoms with E-state index in [1.54, 1.807) is 40.4 Å². The van der Waals surface area contributed by atoms with Crippen LogP contribution >= 0.6 is 11.6 Å². The summed E-state index contributed by atoms with van der Waals surface area (Å²) >= 11 is 5.91. The molecule has 188 valence electrons. The van der Waals surface area contributed by atoms with Gasteiger partial charge in [0.15, 0.2) is 0 Å². The van der Waals surface area contributed by atoms with E-state index >= 15 is 0 Å². The zero-order chi connectivity index (χ0) is 25.5. The van der Waals surface area contributed by atoms with Gasteiger partial charge in [0.25, 0.3) is 0 Å². The minimum atomic E-state index is -0.861. The molecule has 0 saturated carbocycles. The first-order valence-corrected chi connectivity index (χ1v) is 11.9. The van der Waals surface area contributed by atoms with Crippen LogP contribution in [0, 0.1) is 6.92 Å². The first-order valence-electron chi connectivity index (χ1n) is 11.6. The Labute approximate surface area is 214 Å². The van der Waals surface area contributed by atoms with Crippen LogP contribution in [0.15, 0.2) is 60.8 Å². The number of hydrogen-bond donors (Lipinski definition) is 3. The largest absolute Gasteiger partial charge is 0.345 e. The fourth-order valence-electron chi connectivity index (χ4n) is 4.05. The van der Waals surface area contributed by atoms with Crippen molar-refractivity contribution in [3.63, 3.8) is 0 Å². The summed E-state index contributed by atoms with van der Waals surface area (Å²) in [6.45, 7) is 4.01. The SMILES string of the molecule is Cc1ncc(CN(C=O)N2CCN(C(=O)[C@H](NC(=O)Nc3ccc(Cl)cc3)c3ccccc3)CC2)[nH]1. The molecule has 1 saturated heterocycles. The third kappa shape index (κ3) is 6.41. The summed E-state index contributed by atoms with van der Waals surface area (Å²) in [6, 6.07) is 14.5. The molecule has 36 heavy (non-hydrogen) atoms. The Balaban J connectivity index is 1.40. The van der Waals surface area contributed by atoms with Gasteiger partial charge in [0.05, 0.1) is 18.4 Å². The van der Waals surface area contributed by atoms with Gasteiger partial charge in [-0.3, -0.25) is 14.6 Å². The Morgan fingerprint density at radius 2 is 1.81 bits per heavy atom. The normalized spacial score (nSPS) is 14.7. The number of carbonyl (C=O) groups excluding carboxylic acids is 3. The number of amides is 4. The third-order valence-electron chi connectivity index (χ3n) is 5.90. The topological polar surface area (TPSA) is 114 Å². The van der Waals surface area contributed by atoms with Gasteiger partial charge in [-0.15, -0.1) is 0 Å². The van der Waals surface area contributed by atoms with E-state index in [9.17, 15) is 14.4 Å². The van der Waals surface area contributed by atoms with Gasteiger partial charge in [0.2, 0.25) is 12.3 Å². The van der Waals surface area contributed by atoms with E-state index in [0.717, 1.165) is 17.9 Å². The Bertz CT molecular complexity index is 1180. The highest BCUT2D eigenvalue weighted by Gasteiger charge is 2.31. The van der Waals surface area contributed by atoms with Gasteiger partial charge in [0.1, 0.15) is 11.9 Å². The molecule has 1 aliphatic rings. The second-order valence-corrected chi connectivity index (χ2v) is 8.86. The molecule has 0 aliphatic carbocycles. The number of urea groups is 1. The first kappa shape index (κ1) is 25.2. The fraction of sp³-hybridized carbons (Fsp3) is 0.280. The maximum Gasteiger partial charge on any atom is 0.320 e. The van der Waals surface area contributed by atoms with Crippen LogP contribution in [0.25, 0.3) is 0 Å². The summed E-state index contributed by atoms with van der Waals surface area (Å²) < 4.78 is 0. The number of rotatable bonds is 8. The van der Waals surface area contributed by atoms with E-state index in [-0.39, 0.29) is 5.91 Å². The van der Waals surface area contributed by atoms with Gasteiger partial charge in [-0.2, -0.15) is 0 Å². The van der Waals surface area contributed by atoms with Gasteiger partial charge in [-0.25, -0.2) is 14.8 Å². The molecule has 2 aromatic carbocycles. The van der Waals surface area contributed by atoms with Gasteiger partial charge in [-0.05, 0) is 36.8 Å². The van der Waals surface area contributed by atoms with Crippen LogP contribution in [0.5, 0.6) is 0 Å². The number of aromatic amines is 1. The molecule has 4 rings (SSSR count). The van der Waals surface area contributed by atoms with E-state index in [0.29, 0.717) is 49.0 Å². The molecule has 0 unspecified atom stereocenters. The van der Waals surface area contributed by atoms with Gasteiger partial charge < -0.3 is 20.5 Å². The molecule has 0 bridgehead atoms. The quantitative estimate of drug-likeness (QED) is 0.404. The van der Waals surface area contributed by atoms with Crippen molar-refractivity contribution >= 4 is 35.6 Å². The Morgan fingerprint density at radius 1 is 1.11 bits per heavy atom. The van der Waals surface area contributed by atoms with Crippen LogP contribution in [0.1, 0.15) is 23.1 Å². The second kappa shape index (κ2) is 11.7. The highest BCUT2D eigenvalue weighted by atomic mass is 35.5. The average molecular weight is 510 g/mol. The molecule has 1 aromatic heterocycles. The van der Waals surface area contributed by atoms with Crippen molar-refractivity contribution in [3.8, 4) is 0 Å². The number of nitrogens with zero attached hydrogens (tertiary/aromatic N) is 4. The Kier molecular flexibility index (Phi) is 8.19. The molecular weight excluding hydrogens is 482 g/mol. The summed E-state index contributed by atoms with van der Waals surface area (Å²) in [5, 5.41) is 9.60. The molecule has 2 heterocycles. The van der Waals surface area contributed by atoms with Crippen LogP contribution < -0.4 is 10.6 Å². The zero-order valence-electron chi connectivity index (χ0n) is 19.9. The molecule has 0 spiro atoms. The smallest absolute Gasteiger partial charge is 0.320 e. The lowest BCUT2D eigenvalue weighted by molar-refractivity contribution is -0.146. The lowest BCUT2D eigenvalue weighted by atomic mass is 10.1. The lowest BCUT2D eigenvalue weighted by Gasteiger charge is -2.40. The molecule has 1 aliphatic heterocycles. The van der Waals surface area contributed by atoms with Gasteiger partial charge in [0, 0.05) is 36.9 Å². The maximum absolute atomic E-state index is 13.5. The summed E-state index contributed by atoms with van der Waals surface area (Å²) in [5.74, 6) is 0.569. The summed E-state index contributed by atoms with van der Waals surface area (Å²) in [4.78, 5) is 47.0. The molecule has 1 fully saturated rings. The van der Waals surface area contributed by atoms with E-state index in [1.165, 1.54) is 0 Å². The monoisotopic (exact) mass is 509 g/mol. The zero-order valence-corrected chi connectivity index (χ0v) is 20.6. The van der Waals surface area contributed by atoms with Crippen LogP contribution in [-0.4, -0.2) is 69.4 Å². The van der Waals surface area contributed by atoms with Crippen LogP contribution in [0.4, 0.5) is 10.5 Å². The molecular formula is C25H28ClN7O3. The second-order valence-electron chi connectivity index (χ2n) is 8.42. The van der Waals surface area contributed by atoms with E-state index in [2.05, 4.69) is 20.6 Å². The summed E-state index contributed by atoms with van der Waals surface area (Å²) in [6.07, 6.45) is 2.49. The predicted molar refractivity (Wildman–Crippen MR) is 136 cm³/mol. The molecule has 4 amide bonds. The van der Waals surface area contributed by atoms with E-state index in [4.69, 9.17) is 11.6 Å². The first-order chi connectivity index (χ1) is 17.4. The van der Waals surface area contributed by atoms with Crippen molar-refractivity contribution in [3.05, 3.63) is 82.9 Å². The maximum atomic E-state index is 13.5. The number of hydrogen-bond acceptors (Lipinski definition) is 5. The number of benzene rings is 2. The lowest BCUT2D eigenvalue weighted by Crippen LogP contribution is -2.56.